The van der Waals surface area contributed by atoms with Gasteiger partial charge in [0, 0.05) is 16.6 Å². The van der Waals surface area contributed by atoms with E-state index in [0.29, 0.717) is 16.5 Å². The van der Waals surface area contributed by atoms with Gasteiger partial charge in [0.15, 0.2) is 0 Å². The van der Waals surface area contributed by atoms with Crippen LogP contribution in [0.4, 0.5) is 10.5 Å². The van der Waals surface area contributed by atoms with E-state index in [9.17, 15) is 9.90 Å². The molecule has 162 valence electrons. The summed E-state index contributed by atoms with van der Waals surface area (Å²) < 4.78 is 5.75. The zero-order valence-electron chi connectivity index (χ0n) is 16.9. The number of ether oxygens (including phenoxy) is 1. The number of carbonyl (C=O) groups excluding carboxylic acids is 1. The van der Waals surface area contributed by atoms with E-state index in [0.717, 1.165) is 43.1 Å². The normalized spacial score (nSPS) is 16.3. The predicted octanol–water partition coefficient (Wildman–Crippen LogP) is 4.44. The first-order chi connectivity index (χ1) is 14.3. The molecule has 2 aromatic rings. The van der Waals surface area contributed by atoms with Crippen LogP contribution >= 0.6 is 23.2 Å². The van der Waals surface area contributed by atoms with E-state index in [2.05, 4.69) is 16.3 Å². The quantitative estimate of drug-likeness (QED) is 0.580. The molecule has 3 rings (SSSR count). The Balaban J connectivity index is 1.49. The van der Waals surface area contributed by atoms with Gasteiger partial charge < -0.3 is 20.9 Å². The van der Waals surface area contributed by atoms with Crippen LogP contribution in [-0.2, 0) is 6.54 Å². The molecule has 0 aromatic heterocycles. The van der Waals surface area contributed by atoms with Crippen molar-refractivity contribution in [1.82, 2.24) is 4.90 Å². The standard InChI is InChI=1S/C22H27Cl2N3O3/c1-14-2-3-15(10-18(14)24)12-27-8-6-16(7-9-27)20(28)13-30-21-5-4-17(23)11-19(21)26-22(25)29/h2-5,10-11,16,20,28H,6-9,12-13H2,1H3,(H3,25,26,29). The predicted molar refractivity (Wildman–Crippen MR) is 120 cm³/mol. The minimum atomic E-state index is -0.704. The molecule has 1 atom stereocenters. The zero-order valence-corrected chi connectivity index (χ0v) is 18.4. The number of aliphatic hydroxyl groups is 1. The summed E-state index contributed by atoms with van der Waals surface area (Å²) in [5.74, 6) is 0.577. The number of hydrogen-bond donors (Lipinski definition) is 3. The number of aliphatic hydroxyl groups excluding tert-OH is 1. The molecule has 1 saturated heterocycles. The van der Waals surface area contributed by atoms with Gasteiger partial charge in [-0.1, -0.05) is 35.3 Å². The van der Waals surface area contributed by atoms with E-state index in [1.54, 1.807) is 18.2 Å². The molecule has 1 aliphatic rings. The molecule has 0 saturated carbocycles. The first-order valence-corrected chi connectivity index (χ1v) is 10.7. The average molecular weight is 452 g/mol. The Morgan fingerprint density at radius 2 is 2.00 bits per heavy atom. The Labute approximate surface area is 186 Å². The van der Waals surface area contributed by atoms with E-state index in [1.807, 2.05) is 19.1 Å². The number of benzene rings is 2. The van der Waals surface area contributed by atoms with Crippen LogP contribution in [0.2, 0.25) is 10.0 Å². The third-order valence-corrected chi connectivity index (χ3v) is 6.07. The second-order valence-electron chi connectivity index (χ2n) is 7.71. The van der Waals surface area contributed by atoms with Gasteiger partial charge >= 0.3 is 6.03 Å². The topological polar surface area (TPSA) is 87.8 Å². The third kappa shape index (κ3) is 6.25. The molecule has 6 nitrogen and oxygen atoms in total. The lowest BCUT2D eigenvalue weighted by molar-refractivity contribution is 0.0247. The van der Waals surface area contributed by atoms with E-state index in [4.69, 9.17) is 33.7 Å². The van der Waals surface area contributed by atoms with Crippen molar-refractivity contribution < 1.29 is 14.6 Å². The second-order valence-corrected chi connectivity index (χ2v) is 8.55. The summed E-state index contributed by atoms with van der Waals surface area (Å²) in [7, 11) is 0. The maximum Gasteiger partial charge on any atom is 0.316 e. The SMILES string of the molecule is Cc1ccc(CN2CCC(C(O)COc3ccc(Cl)cc3NC(N)=O)CC2)cc1Cl. The van der Waals surface area contributed by atoms with Gasteiger partial charge in [-0.3, -0.25) is 4.90 Å². The van der Waals surface area contributed by atoms with Gasteiger partial charge in [0.25, 0.3) is 0 Å². The summed E-state index contributed by atoms with van der Waals surface area (Å²) in [6.07, 6.45) is 1.17. The van der Waals surface area contributed by atoms with Crippen LogP contribution in [-0.4, -0.2) is 41.8 Å². The van der Waals surface area contributed by atoms with Crippen LogP contribution in [0.1, 0.15) is 24.0 Å². The van der Waals surface area contributed by atoms with Crippen molar-refractivity contribution >= 4 is 34.9 Å². The number of carbonyl (C=O) groups is 1. The number of aryl methyl sites for hydroxylation is 1. The van der Waals surface area contributed by atoms with Crippen molar-refractivity contribution in [2.45, 2.75) is 32.4 Å². The fourth-order valence-electron chi connectivity index (χ4n) is 3.66. The lowest BCUT2D eigenvalue weighted by atomic mass is 9.91. The lowest BCUT2D eigenvalue weighted by Gasteiger charge is -2.34. The van der Waals surface area contributed by atoms with Gasteiger partial charge in [-0.05, 0) is 74.2 Å². The number of nitrogens with zero attached hydrogens (tertiary/aromatic N) is 1. The number of hydrogen-bond acceptors (Lipinski definition) is 4. The molecule has 2 amide bonds. The summed E-state index contributed by atoms with van der Waals surface area (Å²) in [5.41, 5.74) is 7.85. The Morgan fingerprint density at radius 1 is 1.27 bits per heavy atom. The summed E-state index contributed by atoms with van der Waals surface area (Å²) in [6.45, 7) is 4.79. The molecule has 1 unspecified atom stereocenters. The maximum atomic E-state index is 11.2. The molecular weight excluding hydrogens is 425 g/mol. The summed E-state index contributed by atoms with van der Waals surface area (Å²) in [4.78, 5) is 13.5. The molecule has 0 radical (unpaired) electrons. The fraction of sp³-hybridized carbons (Fsp3) is 0.409. The van der Waals surface area contributed by atoms with Gasteiger partial charge in [-0.15, -0.1) is 0 Å². The molecule has 1 fully saturated rings. The number of rotatable bonds is 7. The molecule has 0 spiro atoms. The third-order valence-electron chi connectivity index (χ3n) is 5.43. The molecule has 1 heterocycles. The molecule has 1 aliphatic heterocycles. The summed E-state index contributed by atoms with van der Waals surface area (Å²) in [5, 5.41) is 14.3. The highest BCUT2D eigenvalue weighted by atomic mass is 35.5. The number of nitrogens with one attached hydrogen (secondary N) is 1. The minimum absolute atomic E-state index is 0.132. The fourth-order valence-corrected chi connectivity index (χ4v) is 4.03. The molecule has 0 bridgehead atoms. The van der Waals surface area contributed by atoms with Crippen LogP contribution in [0.15, 0.2) is 36.4 Å². The highest BCUT2D eigenvalue weighted by Crippen LogP contribution is 2.29. The van der Waals surface area contributed by atoms with Crippen molar-refractivity contribution in [3.05, 3.63) is 57.6 Å². The van der Waals surface area contributed by atoms with E-state index < -0.39 is 12.1 Å². The van der Waals surface area contributed by atoms with E-state index >= 15 is 0 Å². The molecule has 8 heteroatoms. The number of primary amides is 1. The average Bonchev–Trinajstić information content (AvgIpc) is 2.70. The molecule has 2 aromatic carbocycles. The number of likely N-dealkylation sites (tertiary alicyclic amines) is 1. The minimum Gasteiger partial charge on any atom is -0.489 e. The summed E-state index contributed by atoms with van der Waals surface area (Å²) in [6, 6.07) is 10.3. The highest BCUT2D eigenvalue weighted by molar-refractivity contribution is 6.31. The molecule has 0 aliphatic carbocycles. The first kappa shape index (κ1) is 22.7. The second kappa shape index (κ2) is 10.4. The number of amides is 2. The number of nitrogens with two attached hydrogens (primary N) is 1. The smallest absolute Gasteiger partial charge is 0.316 e. The number of urea groups is 1. The Bertz CT molecular complexity index is 886. The molecular formula is C22H27Cl2N3O3. The molecule has 30 heavy (non-hydrogen) atoms. The van der Waals surface area contributed by atoms with E-state index in [1.165, 1.54) is 5.56 Å². The van der Waals surface area contributed by atoms with Crippen molar-refractivity contribution in [1.29, 1.82) is 0 Å². The Hall–Kier alpha value is -1.99. The largest absolute Gasteiger partial charge is 0.489 e. The summed E-state index contributed by atoms with van der Waals surface area (Å²) >= 11 is 12.2. The van der Waals surface area contributed by atoms with Crippen LogP contribution in [0, 0.1) is 12.8 Å². The highest BCUT2D eigenvalue weighted by Gasteiger charge is 2.26. The van der Waals surface area contributed by atoms with Crippen molar-refractivity contribution in [3.63, 3.8) is 0 Å². The number of halogens is 2. The van der Waals surface area contributed by atoms with Gasteiger partial charge in [0.1, 0.15) is 12.4 Å². The van der Waals surface area contributed by atoms with Crippen LogP contribution in [0.3, 0.4) is 0 Å². The maximum absolute atomic E-state index is 11.2. The number of anilines is 1. The number of piperidine rings is 1. The lowest BCUT2D eigenvalue weighted by Crippen LogP contribution is -2.39. The zero-order chi connectivity index (χ0) is 21.7. The van der Waals surface area contributed by atoms with Crippen molar-refractivity contribution in [3.8, 4) is 5.75 Å². The van der Waals surface area contributed by atoms with Crippen LogP contribution in [0.25, 0.3) is 0 Å². The van der Waals surface area contributed by atoms with Crippen molar-refractivity contribution in [2.24, 2.45) is 11.7 Å². The van der Waals surface area contributed by atoms with Gasteiger partial charge in [0.2, 0.25) is 0 Å². The Kier molecular flexibility index (Phi) is 7.83. The van der Waals surface area contributed by atoms with E-state index in [-0.39, 0.29) is 12.5 Å². The van der Waals surface area contributed by atoms with Gasteiger partial charge in [0.05, 0.1) is 11.8 Å². The van der Waals surface area contributed by atoms with Gasteiger partial charge in [-0.2, -0.15) is 0 Å². The van der Waals surface area contributed by atoms with Crippen molar-refractivity contribution in [2.75, 3.05) is 25.0 Å². The van der Waals surface area contributed by atoms with Crippen LogP contribution in [0.5, 0.6) is 5.75 Å². The molecule has 4 N–H and O–H groups in total. The Morgan fingerprint density at radius 3 is 2.67 bits per heavy atom. The van der Waals surface area contributed by atoms with Crippen LogP contribution < -0.4 is 15.8 Å². The monoisotopic (exact) mass is 451 g/mol. The van der Waals surface area contributed by atoms with Gasteiger partial charge in [-0.25, -0.2) is 4.79 Å². The first-order valence-electron chi connectivity index (χ1n) is 9.96.